The van der Waals surface area contributed by atoms with Crippen LogP contribution in [-0.4, -0.2) is 44.1 Å². The number of thiophene rings is 1. The zero-order chi connectivity index (χ0) is 21.6. The minimum absolute atomic E-state index is 0.0381. The molecule has 0 aliphatic rings. The number of benzene rings is 1. The van der Waals surface area contributed by atoms with Crippen molar-refractivity contribution in [3.8, 4) is 11.5 Å². The van der Waals surface area contributed by atoms with Crippen molar-refractivity contribution in [2.45, 2.75) is 26.3 Å². The van der Waals surface area contributed by atoms with Gasteiger partial charge in [0.2, 0.25) is 0 Å². The highest BCUT2D eigenvalue weighted by Gasteiger charge is 2.22. The fourth-order valence-corrected chi connectivity index (χ4v) is 3.03. The van der Waals surface area contributed by atoms with Gasteiger partial charge < -0.3 is 24.8 Å². The molecule has 1 aromatic carbocycles. The van der Waals surface area contributed by atoms with Crippen molar-refractivity contribution in [2.75, 3.05) is 26.1 Å². The van der Waals surface area contributed by atoms with Crippen molar-refractivity contribution in [2.24, 2.45) is 0 Å². The summed E-state index contributed by atoms with van der Waals surface area (Å²) in [6, 6.07) is 6.27. The summed E-state index contributed by atoms with van der Waals surface area (Å²) in [5, 5.41) is 7.15. The normalized spacial score (nSPS) is 10.8. The van der Waals surface area contributed by atoms with Gasteiger partial charge in [-0.2, -0.15) is 0 Å². The van der Waals surface area contributed by atoms with Crippen molar-refractivity contribution in [3.63, 3.8) is 0 Å². The van der Waals surface area contributed by atoms with Crippen molar-refractivity contribution < 1.29 is 28.6 Å². The number of anilines is 1. The maximum Gasteiger partial charge on any atom is 0.340 e. The molecule has 0 radical (unpaired) electrons. The number of ether oxygens (including phenoxy) is 3. The second-order valence-corrected chi connectivity index (χ2v) is 8.01. The molecule has 9 heteroatoms. The Morgan fingerprint density at radius 3 is 2.28 bits per heavy atom. The summed E-state index contributed by atoms with van der Waals surface area (Å²) in [6.45, 7) is 5.00. The molecule has 0 spiro atoms. The predicted molar refractivity (Wildman–Crippen MR) is 110 cm³/mol. The Balaban J connectivity index is 2.26. The molecule has 0 unspecified atom stereocenters. The molecule has 0 saturated carbocycles. The lowest BCUT2D eigenvalue weighted by molar-refractivity contribution is -0.125. The number of nitrogens with one attached hydrogen (secondary N) is 2. The maximum atomic E-state index is 12.6. The first-order chi connectivity index (χ1) is 13.6. The molecule has 0 aliphatic carbocycles. The van der Waals surface area contributed by atoms with Gasteiger partial charge in [-0.25, -0.2) is 4.79 Å². The highest BCUT2D eigenvalue weighted by atomic mass is 32.1. The zero-order valence-corrected chi connectivity index (χ0v) is 17.8. The Labute approximate surface area is 173 Å². The van der Waals surface area contributed by atoms with E-state index in [4.69, 9.17) is 14.2 Å². The van der Waals surface area contributed by atoms with Gasteiger partial charge in [0.05, 0.1) is 30.3 Å². The maximum absolute atomic E-state index is 12.6. The molecule has 8 nitrogen and oxygen atoms in total. The molecule has 0 atom stereocenters. The molecule has 2 N–H and O–H groups in total. The Hall–Kier alpha value is -3.07. The number of carbonyl (C=O) groups excluding carboxylic acids is 3. The van der Waals surface area contributed by atoms with Crippen molar-refractivity contribution in [3.05, 3.63) is 40.1 Å². The lowest BCUT2D eigenvalue weighted by Gasteiger charge is -2.20. The molecule has 156 valence electrons. The smallest absolute Gasteiger partial charge is 0.340 e. The average Bonchev–Trinajstić information content (AvgIpc) is 3.19. The third-order valence-electron chi connectivity index (χ3n) is 3.59. The number of carbonyl (C=O) groups is 3. The lowest BCUT2D eigenvalue weighted by Crippen LogP contribution is -2.42. The summed E-state index contributed by atoms with van der Waals surface area (Å²) in [5.41, 5.74) is -0.231. The largest absolute Gasteiger partial charge is 0.493 e. The summed E-state index contributed by atoms with van der Waals surface area (Å²) in [7, 11) is 2.87. The standard InChI is InChI=1S/C20H24N2O6S/c1-20(2,3)22-17(23)11-28-19(25)12-9-14(26-4)15(27-5)10-13(12)21-18(24)16-7-6-8-29-16/h6-10H,11H2,1-5H3,(H,21,24)(H,22,23). The van der Waals surface area contributed by atoms with Crippen LogP contribution in [0.25, 0.3) is 0 Å². The van der Waals surface area contributed by atoms with Gasteiger partial charge in [0.15, 0.2) is 18.1 Å². The van der Waals surface area contributed by atoms with Crippen molar-refractivity contribution >= 4 is 34.8 Å². The van der Waals surface area contributed by atoms with E-state index in [2.05, 4.69) is 10.6 Å². The number of esters is 1. The van der Waals surface area contributed by atoms with E-state index >= 15 is 0 Å². The highest BCUT2D eigenvalue weighted by Crippen LogP contribution is 2.34. The number of amides is 2. The fourth-order valence-electron chi connectivity index (χ4n) is 2.41. The summed E-state index contributed by atoms with van der Waals surface area (Å²) < 4.78 is 15.6. The van der Waals surface area contributed by atoms with E-state index in [0.717, 1.165) is 0 Å². The summed E-state index contributed by atoms with van der Waals surface area (Å²) >= 11 is 1.26. The monoisotopic (exact) mass is 420 g/mol. The van der Waals surface area contributed by atoms with Crippen LogP contribution in [0, 0.1) is 0 Å². The van der Waals surface area contributed by atoms with Gasteiger partial charge in [-0.3, -0.25) is 9.59 Å². The SMILES string of the molecule is COc1cc(NC(=O)c2cccs2)c(C(=O)OCC(=O)NC(C)(C)C)cc1OC. The van der Waals surface area contributed by atoms with Crippen LogP contribution in [0.1, 0.15) is 40.8 Å². The van der Waals surface area contributed by atoms with Crippen LogP contribution >= 0.6 is 11.3 Å². The van der Waals surface area contributed by atoms with E-state index in [0.29, 0.717) is 10.6 Å². The van der Waals surface area contributed by atoms with E-state index < -0.39 is 24.0 Å². The van der Waals surface area contributed by atoms with Crippen LogP contribution in [0.2, 0.25) is 0 Å². The molecule has 1 aromatic heterocycles. The summed E-state index contributed by atoms with van der Waals surface area (Å²) in [6.07, 6.45) is 0. The van der Waals surface area contributed by atoms with Gasteiger partial charge in [-0.15, -0.1) is 11.3 Å². The van der Waals surface area contributed by atoms with Gasteiger partial charge in [-0.05, 0) is 32.2 Å². The van der Waals surface area contributed by atoms with E-state index in [9.17, 15) is 14.4 Å². The van der Waals surface area contributed by atoms with Gasteiger partial charge in [0, 0.05) is 17.7 Å². The molecule has 2 rings (SSSR count). The van der Waals surface area contributed by atoms with Gasteiger partial charge in [0.25, 0.3) is 11.8 Å². The second kappa shape index (κ2) is 9.42. The van der Waals surface area contributed by atoms with E-state index in [1.165, 1.54) is 37.7 Å². The minimum atomic E-state index is -0.781. The van der Waals surface area contributed by atoms with Gasteiger partial charge in [0.1, 0.15) is 0 Å². The second-order valence-electron chi connectivity index (χ2n) is 7.06. The highest BCUT2D eigenvalue weighted by molar-refractivity contribution is 7.12. The minimum Gasteiger partial charge on any atom is -0.493 e. The van der Waals surface area contributed by atoms with Gasteiger partial charge in [-0.1, -0.05) is 6.07 Å². The van der Waals surface area contributed by atoms with Crippen molar-refractivity contribution in [1.82, 2.24) is 5.32 Å². The Morgan fingerprint density at radius 2 is 1.72 bits per heavy atom. The van der Waals surface area contributed by atoms with E-state index in [1.54, 1.807) is 17.5 Å². The predicted octanol–water partition coefficient (Wildman–Crippen LogP) is 3.09. The Bertz CT molecular complexity index is 887. The third-order valence-corrected chi connectivity index (χ3v) is 4.45. The number of methoxy groups -OCH3 is 2. The molecule has 0 bridgehead atoms. The Morgan fingerprint density at radius 1 is 1.07 bits per heavy atom. The van der Waals surface area contributed by atoms with Crippen LogP contribution in [0.5, 0.6) is 11.5 Å². The lowest BCUT2D eigenvalue weighted by atomic mass is 10.1. The number of hydrogen-bond donors (Lipinski definition) is 2. The van der Waals surface area contributed by atoms with Crippen molar-refractivity contribution in [1.29, 1.82) is 0 Å². The molecule has 0 saturated heterocycles. The number of hydrogen-bond acceptors (Lipinski definition) is 7. The van der Waals surface area contributed by atoms with Gasteiger partial charge >= 0.3 is 5.97 Å². The topological polar surface area (TPSA) is 103 Å². The zero-order valence-electron chi connectivity index (χ0n) is 17.0. The van der Waals surface area contributed by atoms with Crippen LogP contribution in [-0.2, 0) is 9.53 Å². The third kappa shape index (κ3) is 6.21. The van der Waals surface area contributed by atoms with Crippen LogP contribution in [0.3, 0.4) is 0 Å². The first kappa shape index (κ1) is 22.2. The quantitative estimate of drug-likeness (QED) is 0.668. The first-order valence-corrected chi connectivity index (χ1v) is 9.61. The summed E-state index contributed by atoms with van der Waals surface area (Å²) in [5.74, 6) is -0.984. The molecule has 2 amide bonds. The molecular formula is C20H24N2O6S. The summed E-state index contributed by atoms with van der Waals surface area (Å²) in [4.78, 5) is 37.5. The van der Waals surface area contributed by atoms with E-state index in [-0.39, 0.29) is 22.9 Å². The molecule has 29 heavy (non-hydrogen) atoms. The van der Waals surface area contributed by atoms with E-state index in [1.807, 2.05) is 20.8 Å². The molecule has 0 fully saturated rings. The molecular weight excluding hydrogens is 396 g/mol. The fraction of sp³-hybridized carbons (Fsp3) is 0.350. The molecule has 0 aliphatic heterocycles. The van der Waals surface area contributed by atoms with Crippen LogP contribution < -0.4 is 20.1 Å². The average molecular weight is 420 g/mol. The van der Waals surface area contributed by atoms with Crippen LogP contribution in [0.15, 0.2) is 29.6 Å². The first-order valence-electron chi connectivity index (χ1n) is 8.73. The van der Waals surface area contributed by atoms with Crippen LogP contribution in [0.4, 0.5) is 5.69 Å². The molecule has 2 aromatic rings. The molecule has 1 heterocycles. The Kier molecular flexibility index (Phi) is 7.22. The number of rotatable bonds is 7.